The number of carboxylic acid groups (broad SMARTS) is 1. The fourth-order valence-corrected chi connectivity index (χ4v) is 2.33. The highest BCUT2D eigenvalue weighted by Crippen LogP contribution is 2.15. The lowest BCUT2D eigenvalue weighted by Crippen LogP contribution is -2.30. The predicted octanol–water partition coefficient (Wildman–Crippen LogP) is -0.291. The van der Waals surface area contributed by atoms with Crippen LogP contribution in [0.25, 0.3) is 0 Å². The fourth-order valence-electron chi connectivity index (χ4n) is 1.28. The second-order valence-corrected chi connectivity index (χ2v) is 5.56. The Balaban J connectivity index is 2.69. The molecule has 0 amide bonds. The molecule has 0 saturated heterocycles. The molecule has 0 aromatic heterocycles. The van der Waals surface area contributed by atoms with Crippen molar-refractivity contribution in [2.45, 2.75) is 17.4 Å². The van der Waals surface area contributed by atoms with Gasteiger partial charge in [0, 0.05) is 18.7 Å². The van der Waals surface area contributed by atoms with E-state index in [1.807, 2.05) is 0 Å². The molecule has 10 heteroatoms. The number of rotatable bonds is 7. The number of carbonyl (C=O) groups is 1. The Bertz CT molecular complexity index is 597. The summed E-state index contributed by atoms with van der Waals surface area (Å²) in [5.74, 6) is -1.44. The first-order valence-corrected chi connectivity index (χ1v) is 6.87. The van der Waals surface area contributed by atoms with Gasteiger partial charge >= 0.3 is 5.97 Å². The first-order chi connectivity index (χ1) is 9.24. The van der Waals surface area contributed by atoms with E-state index in [-0.39, 0.29) is 23.5 Å². The maximum Gasteiger partial charge on any atom is 0.332 e. The summed E-state index contributed by atoms with van der Waals surface area (Å²) >= 11 is 0. The van der Waals surface area contributed by atoms with Gasteiger partial charge in [0.1, 0.15) is 0 Å². The highest BCUT2D eigenvalue weighted by Gasteiger charge is 2.18. The van der Waals surface area contributed by atoms with Crippen LogP contribution in [0, 0.1) is 10.1 Å². The molecule has 0 heterocycles. The molecule has 0 aliphatic rings. The van der Waals surface area contributed by atoms with Gasteiger partial charge in [-0.05, 0) is 18.6 Å². The molecule has 110 valence electrons. The molecular formula is C10H12N2O7S. The van der Waals surface area contributed by atoms with E-state index in [1.54, 1.807) is 0 Å². The van der Waals surface area contributed by atoms with Crippen molar-refractivity contribution in [2.75, 3.05) is 6.54 Å². The summed E-state index contributed by atoms with van der Waals surface area (Å²) < 4.78 is 25.6. The number of aliphatic hydroxyl groups is 1. The average Bonchev–Trinajstić information content (AvgIpc) is 2.38. The first-order valence-electron chi connectivity index (χ1n) is 5.39. The Morgan fingerprint density at radius 3 is 2.35 bits per heavy atom. The van der Waals surface area contributed by atoms with Crippen LogP contribution in [0.5, 0.6) is 0 Å². The van der Waals surface area contributed by atoms with Crippen LogP contribution in [0.4, 0.5) is 5.69 Å². The zero-order chi connectivity index (χ0) is 15.3. The molecule has 1 unspecified atom stereocenters. The summed E-state index contributed by atoms with van der Waals surface area (Å²) in [6.07, 6.45) is -1.95. The molecule has 20 heavy (non-hydrogen) atoms. The summed E-state index contributed by atoms with van der Waals surface area (Å²) in [5.41, 5.74) is -0.245. The van der Waals surface area contributed by atoms with Gasteiger partial charge in [-0.25, -0.2) is 17.9 Å². The quantitative estimate of drug-likeness (QED) is 0.463. The van der Waals surface area contributed by atoms with Gasteiger partial charge in [-0.2, -0.15) is 0 Å². The van der Waals surface area contributed by atoms with Crippen molar-refractivity contribution in [1.29, 1.82) is 0 Å². The third-order valence-corrected chi connectivity index (χ3v) is 3.83. The van der Waals surface area contributed by atoms with Gasteiger partial charge in [0.15, 0.2) is 6.10 Å². The molecule has 1 rings (SSSR count). The van der Waals surface area contributed by atoms with Crippen molar-refractivity contribution in [1.82, 2.24) is 4.72 Å². The van der Waals surface area contributed by atoms with Crippen molar-refractivity contribution in [3.63, 3.8) is 0 Å². The van der Waals surface area contributed by atoms with Crippen molar-refractivity contribution >= 4 is 21.7 Å². The molecule has 1 aromatic rings. The van der Waals surface area contributed by atoms with E-state index in [0.717, 1.165) is 24.3 Å². The zero-order valence-electron chi connectivity index (χ0n) is 10.1. The lowest BCUT2D eigenvalue weighted by atomic mass is 10.3. The number of aliphatic hydroxyl groups excluding tert-OH is 1. The zero-order valence-corrected chi connectivity index (χ0v) is 10.9. The third-order valence-electron chi connectivity index (χ3n) is 2.35. The monoisotopic (exact) mass is 304 g/mol. The normalized spacial score (nSPS) is 12.8. The number of hydrogen-bond donors (Lipinski definition) is 3. The van der Waals surface area contributed by atoms with Crippen molar-refractivity contribution in [2.24, 2.45) is 0 Å². The van der Waals surface area contributed by atoms with Crippen molar-refractivity contribution in [3.05, 3.63) is 34.4 Å². The van der Waals surface area contributed by atoms with Crippen LogP contribution in [-0.2, 0) is 14.8 Å². The van der Waals surface area contributed by atoms with Crippen molar-refractivity contribution in [3.8, 4) is 0 Å². The van der Waals surface area contributed by atoms with Crippen LogP contribution >= 0.6 is 0 Å². The summed E-state index contributed by atoms with van der Waals surface area (Å²) in [6, 6.07) is 4.21. The molecule has 9 nitrogen and oxygen atoms in total. The number of carboxylic acids is 1. The Kier molecular flexibility index (Phi) is 5.13. The fraction of sp³-hybridized carbons (Fsp3) is 0.300. The highest BCUT2D eigenvalue weighted by atomic mass is 32.2. The predicted molar refractivity (Wildman–Crippen MR) is 66.5 cm³/mol. The minimum absolute atomic E-state index is 0.187. The number of nitro benzene ring substituents is 1. The van der Waals surface area contributed by atoms with Gasteiger partial charge in [-0.3, -0.25) is 10.1 Å². The molecule has 1 atom stereocenters. The Labute approximate surface area is 114 Å². The van der Waals surface area contributed by atoms with E-state index < -0.39 is 27.0 Å². The average molecular weight is 304 g/mol. The van der Waals surface area contributed by atoms with E-state index in [2.05, 4.69) is 4.72 Å². The van der Waals surface area contributed by atoms with Gasteiger partial charge in [0.25, 0.3) is 5.69 Å². The molecule has 0 bridgehead atoms. The molecule has 0 saturated carbocycles. The van der Waals surface area contributed by atoms with Crippen molar-refractivity contribution < 1.29 is 28.3 Å². The Morgan fingerprint density at radius 1 is 1.35 bits per heavy atom. The topological polar surface area (TPSA) is 147 Å². The van der Waals surface area contributed by atoms with Crippen LogP contribution in [-0.4, -0.2) is 42.2 Å². The van der Waals surface area contributed by atoms with Gasteiger partial charge in [-0.15, -0.1) is 0 Å². The number of hydrogen-bond acceptors (Lipinski definition) is 6. The molecule has 0 radical (unpaired) electrons. The van der Waals surface area contributed by atoms with Crippen LogP contribution in [0.1, 0.15) is 6.42 Å². The van der Waals surface area contributed by atoms with Gasteiger partial charge < -0.3 is 10.2 Å². The molecule has 0 fully saturated rings. The Hall–Kier alpha value is -2.04. The lowest BCUT2D eigenvalue weighted by Gasteiger charge is -2.08. The number of nitro groups is 1. The van der Waals surface area contributed by atoms with Crippen LogP contribution < -0.4 is 4.72 Å². The third kappa shape index (κ3) is 4.26. The van der Waals surface area contributed by atoms with E-state index in [1.165, 1.54) is 0 Å². The summed E-state index contributed by atoms with van der Waals surface area (Å²) in [6.45, 7) is -0.271. The lowest BCUT2D eigenvalue weighted by molar-refractivity contribution is -0.384. The number of aliphatic carboxylic acids is 1. The number of nitrogens with zero attached hydrogens (tertiary/aromatic N) is 1. The maximum atomic E-state index is 11.8. The number of non-ortho nitro benzene ring substituents is 1. The van der Waals surface area contributed by atoms with Crippen LogP contribution in [0.2, 0.25) is 0 Å². The van der Waals surface area contributed by atoms with Crippen LogP contribution in [0.15, 0.2) is 29.2 Å². The number of benzene rings is 1. The number of nitrogens with one attached hydrogen (secondary N) is 1. The van der Waals surface area contributed by atoms with E-state index >= 15 is 0 Å². The largest absolute Gasteiger partial charge is 0.479 e. The van der Waals surface area contributed by atoms with Gasteiger partial charge in [0.05, 0.1) is 9.82 Å². The smallest absolute Gasteiger partial charge is 0.332 e. The maximum absolute atomic E-state index is 11.8. The van der Waals surface area contributed by atoms with Gasteiger partial charge in [0.2, 0.25) is 10.0 Å². The van der Waals surface area contributed by atoms with Crippen LogP contribution in [0.3, 0.4) is 0 Å². The second-order valence-electron chi connectivity index (χ2n) is 3.79. The molecule has 3 N–H and O–H groups in total. The number of sulfonamides is 1. The molecule has 0 aliphatic carbocycles. The standard InChI is InChI=1S/C10H12N2O7S/c13-9(10(14)15)5-6-11-20(18,19)8-3-1-7(2-4-8)12(16)17/h1-4,9,11,13H,5-6H2,(H,14,15). The van der Waals surface area contributed by atoms with E-state index in [4.69, 9.17) is 10.2 Å². The summed E-state index contributed by atoms with van der Waals surface area (Å²) in [5, 5.41) is 27.8. The molecule has 0 spiro atoms. The Morgan fingerprint density at radius 2 is 1.90 bits per heavy atom. The minimum atomic E-state index is -3.90. The first kappa shape index (κ1) is 16.0. The van der Waals surface area contributed by atoms with E-state index in [0.29, 0.717) is 0 Å². The molecular weight excluding hydrogens is 292 g/mol. The van der Waals surface area contributed by atoms with E-state index in [9.17, 15) is 23.3 Å². The second kappa shape index (κ2) is 6.41. The molecule has 1 aromatic carbocycles. The van der Waals surface area contributed by atoms with Gasteiger partial charge in [-0.1, -0.05) is 0 Å². The summed E-state index contributed by atoms with van der Waals surface area (Å²) in [7, 11) is -3.90. The molecule has 0 aliphatic heterocycles. The minimum Gasteiger partial charge on any atom is -0.479 e. The SMILES string of the molecule is O=C(O)C(O)CCNS(=O)(=O)c1ccc([N+](=O)[O-])cc1. The highest BCUT2D eigenvalue weighted by molar-refractivity contribution is 7.89. The summed E-state index contributed by atoms with van der Waals surface area (Å²) in [4.78, 5) is 19.9.